The summed E-state index contributed by atoms with van der Waals surface area (Å²) >= 11 is 3.38. The molecular formula is C11H8BrNO. The van der Waals surface area contributed by atoms with Crippen LogP contribution in [0.1, 0.15) is 11.3 Å². The summed E-state index contributed by atoms with van der Waals surface area (Å²) in [5, 5.41) is 0. The van der Waals surface area contributed by atoms with E-state index in [1.165, 1.54) is 6.39 Å². The van der Waals surface area contributed by atoms with Crippen LogP contribution in [0.4, 0.5) is 0 Å². The van der Waals surface area contributed by atoms with Crippen molar-refractivity contribution in [2.24, 2.45) is 0 Å². The minimum atomic E-state index is 0.757. The molecule has 3 heteroatoms. The lowest BCUT2D eigenvalue weighted by atomic mass is 10.2. The molecule has 2 nitrogen and oxygen atoms in total. The van der Waals surface area contributed by atoms with Crippen LogP contribution in [0.2, 0.25) is 0 Å². The van der Waals surface area contributed by atoms with E-state index in [0.29, 0.717) is 0 Å². The molecule has 14 heavy (non-hydrogen) atoms. The molecular weight excluding hydrogens is 242 g/mol. The van der Waals surface area contributed by atoms with Crippen molar-refractivity contribution in [3.8, 4) is 0 Å². The molecule has 2 aromatic rings. The van der Waals surface area contributed by atoms with Gasteiger partial charge in [-0.1, -0.05) is 34.1 Å². The molecule has 0 saturated heterocycles. The van der Waals surface area contributed by atoms with E-state index >= 15 is 0 Å². The lowest BCUT2D eigenvalue weighted by Gasteiger charge is -1.92. The van der Waals surface area contributed by atoms with Crippen molar-refractivity contribution in [3.63, 3.8) is 0 Å². The highest BCUT2D eigenvalue weighted by atomic mass is 79.9. The molecule has 1 heterocycles. The predicted octanol–water partition coefficient (Wildman–Crippen LogP) is 3.61. The molecule has 70 valence electrons. The quantitative estimate of drug-likeness (QED) is 0.813. The highest BCUT2D eigenvalue weighted by Crippen LogP contribution is 2.12. The summed E-state index contributed by atoms with van der Waals surface area (Å²) in [4.78, 5) is 3.82. The summed E-state index contributed by atoms with van der Waals surface area (Å²) in [5.74, 6) is 0.757. The van der Waals surface area contributed by atoms with Gasteiger partial charge in [-0.25, -0.2) is 4.98 Å². The molecule has 0 spiro atoms. The Hall–Kier alpha value is -1.35. The number of hydrogen-bond acceptors (Lipinski definition) is 2. The molecule has 0 radical (unpaired) electrons. The first-order valence-corrected chi connectivity index (χ1v) is 4.96. The molecule has 0 atom stereocenters. The Balaban J connectivity index is 2.15. The van der Waals surface area contributed by atoms with Gasteiger partial charge in [-0.15, -0.1) is 0 Å². The van der Waals surface area contributed by atoms with Crippen molar-refractivity contribution < 1.29 is 4.42 Å². The fourth-order valence-corrected chi connectivity index (χ4v) is 1.32. The zero-order chi connectivity index (χ0) is 9.80. The minimum Gasteiger partial charge on any atom is -0.444 e. The third-order valence-corrected chi connectivity index (χ3v) is 2.29. The van der Waals surface area contributed by atoms with Crippen LogP contribution in [-0.4, -0.2) is 4.98 Å². The summed E-state index contributed by atoms with van der Waals surface area (Å²) < 4.78 is 6.15. The van der Waals surface area contributed by atoms with Gasteiger partial charge in [0, 0.05) is 4.47 Å². The fourth-order valence-electron chi connectivity index (χ4n) is 1.06. The number of rotatable bonds is 2. The molecule has 0 fully saturated rings. The van der Waals surface area contributed by atoms with Crippen molar-refractivity contribution in [1.82, 2.24) is 4.98 Å². The summed E-state index contributed by atoms with van der Waals surface area (Å²) in [7, 11) is 0. The van der Waals surface area contributed by atoms with Crippen LogP contribution in [0.5, 0.6) is 0 Å². The molecule has 0 saturated carbocycles. The maximum absolute atomic E-state index is 5.07. The first-order chi connectivity index (χ1) is 6.84. The van der Waals surface area contributed by atoms with Crippen LogP contribution in [0.3, 0.4) is 0 Å². The van der Waals surface area contributed by atoms with Crippen molar-refractivity contribution in [2.75, 3.05) is 0 Å². The first-order valence-electron chi connectivity index (χ1n) is 4.17. The molecule has 0 N–H and O–H groups in total. The molecule has 0 aliphatic heterocycles. The van der Waals surface area contributed by atoms with E-state index in [9.17, 15) is 0 Å². The van der Waals surface area contributed by atoms with E-state index in [1.807, 2.05) is 36.4 Å². The zero-order valence-corrected chi connectivity index (χ0v) is 8.94. The second-order valence-electron chi connectivity index (χ2n) is 2.79. The normalized spacial score (nSPS) is 10.9. The highest BCUT2D eigenvalue weighted by molar-refractivity contribution is 9.10. The Morgan fingerprint density at radius 1 is 1.14 bits per heavy atom. The van der Waals surface area contributed by atoms with Crippen molar-refractivity contribution in [2.45, 2.75) is 0 Å². The Kier molecular flexibility index (Phi) is 2.79. The molecule has 0 unspecified atom stereocenters. The number of hydrogen-bond donors (Lipinski definition) is 0. The number of oxazole rings is 1. The van der Waals surface area contributed by atoms with Gasteiger partial charge in [0.2, 0.25) is 0 Å². The Morgan fingerprint density at radius 2 is 1.93 bits per heavy atom. The highest BCUT2D eigenvalue weighted by Gasteiger charge is 1.90. The molecule has 0 aliphatic rings. The lowest BCUT2D eigenvalue weighted by Crippen LogP contribution is -1.70. The maximum Gasteiger partial charge on any atom is 0.181 e. The standard InChI is InChI=1S/C11H8BrNO/c12-10-4-1-9(2-5-10)3-6-11-7-13-8-14-11/h1-8H/b6-3+. The third kappa shape index (κ3) is 2.33. The molecule has 1 aromatic heterocycles. The van der Waals surface area contributed by atoms with Crippen molar-refractivity contribution >= 4 is 28.1 Å². The summed E-state index contributed by atoms with van der Waals surface area (Å²) in [5.41, 5.74) is 1.13. The minimum absolute atomic E-state index is 0.757. The SMILES string of the molecule is Brc1ccc(/C=C/c2cnco2)cc1. The van der Waals surface area contributed by atoms with E-state index in [1.54, 1.807) is 6.20 Å². The molecule has 0 aliphatic carbocycles. The Bertz CT molecular complexity index is 417. The number of halogens is 1. The van der Waals surface area contributed by atoms with Gasteiger partial charge in [-0.2, -0.15) is 0 Å². The van der Waals surface area contributed by atoms with E-state index in [-0.39, 0.29) is 0 Å². The molecule has 0 bridgehead atoms. The summed E-state index contributed by atoms with van der Waals surface area (Å²) in [6.45, 7) is 0. The molecule has 0 amide bonds. The zero-order valence-electron chi connectivity index (χ0n) is 7.35. The average Bonchev–Trinajstić information content (AvgIpc) is 2.70. The van der Waals surface area contributed by atoms with E-state index in [0.717, 1.165) is 15.8 Å². The number of benzene rings is 1. The second-order valence-corrected chi connectivity index (χ2v) is 3.70. The fraction of sp³-hybridized carbons (Fsp3) is 0. The van der Waals surface area contributed by atoms with Crippen molar-refractivity contribution in [1.29, 1.82) is 0 Å². The Morgan fingerprint density at radius 3 is 2.57 bits per heavy atom. The van der Waals surface area contributed by atoms with Gasteiger partial charge in [-0.05, 0) is 23.8 Å². The van der Waals surface area contributed by atoms with Gasteiger partial charge in [0.15, 0.2) is 6.39 Å². The predicted molar refractivity (Wildman–Crippen MR) is 59.6 cm³/mol. The van der Waals surface area contributed by atoms with Gasteiger partial charge in [0.05, 0.1) is 6.20 Å². The summed E-state index contributed by atoms with van der Waals surface area (Å²) in [6, 6.07) is 8.05. The third-order valence-electron chi connectivity index (χ3n) is 1.76. The van der Waals surface area contributed by atoms with Crippen LogP contribution >= 0.6 is 15.9 Å². The van der Waals surface area contributed by atoms with E-state index in [4.69, 9.17) is 4.42 Å². The van der Waals surface area contributed by atoms with Gasteiger partial charge in [0.25, 0.3) is 0 Å². The van der Waals surface area contributed by atoms with E-state index in [2.05, 4.69) is 20.9 Å². The van der Waals surface area contributed by atoms with Crippen LogP contribution < -0.4 is 0 Å². The Labute approximate surface area is 90.4 Å². The average molecular weight is 250 g/mol. The van der Waals surface area contributed by atoms with Gasteiger partial charge >= 0.3 is 0 Å². The van der Waals surface area contributed by atoms with Gasteiger partial charge in [-0.3, -0.25) is 0 Å². The van der Waals surface area contributed by atoms with Gasteiger partial charge in [0.1, 0.15) is 5.76 Å². The second kappa shape index (κ2) is 4.24. The first kappa shape index (κ1) is 9.21. The lowest BCUT2D eigenvalue weighted by molar-refractivity contribution is 0.548. The molecule has 1 aromatic carbocycles. The topological polar surface area (TPSA) is 26.0 Å². The van der Waals surface area contributed by atoms with Crippen LogP contribution in [-0.2, 0) is 0 Å². The number of nitrogens with zero attached hydrogens (tertiary/aromatic N) is 1. The van der Waals surface area contributed by atoms with Crippen molar-refractivity contribution in [3.05, 3.63) is 52.7 Å². The summed E-state index contributed by atoms with van der Waals surface area (Å²) in [6.07, 6.45) is 6.96. The largest absolute Gasteiger partial charge is 0.444 e. The van der Waals surface area contributed by atoms with Crippen LogP contribution in [0.25, 0.3) is 12.2 Å². The monoisotopic (exact) mass is 249 g/mol. The smallest absolute Gasteiger partial charge is 0.181 e. The van der Waals surface area contributed by atoms with Crippen LogP contribution in [0.15, 0.2) is 45.7 Å². The maximum atomic E-state index is 5.07. The molecule has 2 rings (SSSR count). The van der Waals surface area contributed by atoms with Crippen LogP contribution in [0, 0.1) is 0 Å². The van der Waals surface area contributed by atoms with E-state index < -0.39 is 0 Å². The number of aromatic nitrogens is 1. The van der Waals surface area contributed by atoms with Gasteiger partial charge < -0.3 is 4.42 Å².